The average Bonchev–Trinajstić information content (AvgIpc) is 3.21. The summed E-state index contributed by atoms with van der Waals surface area (Å²) in [5, 5.41) is 14.9. The fraction of sp³-hybridized carbons (Fsp3) is 0.182. The lowest BCUT2D eigenvalue weighted by molar-refractivity contribution is -0.384. The van der Waals surface area contributed by atoms with Gasteiger partial charge in [0, 0.05) is 49.9 Å². The first kappa shape index (κ1) is 20.0. The number of nitro benzene ring substituents is 1. The summed E-state index contributed by atoms with van der Waals surface area (Å²) < 4.78 is 5.37. The molecular weight excluding hydrogens is 370 g/mol. The van der Waals surface area contributed by atoms with Gasteiger partial charge in [-0.3, -0.25) is 14.9 Å². The Morgan fingerprint density at radius 2 is 1.97 bits per heavy atom. The van der Waals surface area contributed by atoms with Gasteiger partial charge in [0.05, 0.1) is 4.92 Å². The molecule has 3 rings (SSSR count). The highest BCUT2D eigenvalue weighted by Crippen LogP contribution is 2.19. The Morgan fingerprint density at radius 1 is 1.17 bits per heavy atom. The van der Waals surface area contributed by atoms with Gasteiger partial charge in [-0.15, -0.1) is 0 Å². The van der Waals surface area contributed by atoms with Crippen LogP contribution in [-0.2, 0) is 11.2 Å². The van der Waals surface area contributed by atoms with E-state index in [0.717, 1.165) is 23.4 Å². The van der Waals surface area contributed by atoms with Gasteiger partial charge in [-0.25, -0.2) is 0 Å². The fourth-order valence-electron chi connectivity index (χ4n) is 2.81. The third kappa shape index (κ3) is 5.62. The third-order valence-electron chi connectivity index (χ3n) is 4.42. The molecule has 1 amide bonds. The molecule has 0 radical (unpaired) electrons. The lowest BCUT2D eigenvalue weighted by atomic mass is 10.1. The first-order valence-corrected chi connectivity index (χ1v) is 9.21. The molecule has 0 bridgehead atoms. The van der Waals surface area contributed by atoms with Crippen molar-refractivity contribution in [1.29, 1.82) is 0 Å². The van der Waals surface area contributed by atoms with E-state index >= 15 is 0 Å². The van der Waals surface area contributed by atoms with E-state index in [1.54, 1.807) is 30.2 Å². The number of nitrogens with zero attached hydrogens (tertiary/aromatic N) is 3. The molecule has 0 saturated heterocycles. The van der Waals surface area contributed by atoms with E-state index in [9.17, 15) is 14.9 Å². The summed E-state index contributed by atoms with van der Waals surface area (Å²) in [5.41, 5.74) is 2.40. The number of aromatic nitrogens is 1. The minimum absolute atomic E-state index is 0.00474. The number of hydrogen-bond donors (Lipinski definition) is 0. The zero-order chi connectivity index (χ0) is 20.6. The summed E-state index contributed by atoms with van der Waals surface area (Å²) in [7, 11) is 1.72. The second kappa shape index (κ2) is 9.45. The molecule has 148 valence electrons. The smallest absolute Gasteiger partial charge is 0.270 e. The zero-order valence-corrected chi connectivity index (χ0v) is 16.0. The second-order valence-electron chi connectivity index (χ2n) is 6.59. The van der Waals surface area contributed by atoms with Gasteiger partial charge in [0.1, 0.15) is 11.5 Å². The Morgan fingerprint density at radius 3 is 2.72 bits per heavy atom. The van der Waals surface area contributed by atoms with Crippen LogP contribution in [0.1, 0.15) is 17.7 Å². The van der Waals surface area contributed by atoms with Gasteiger partial charge in [0.25, 0.3) is 5.69 Å². The lowest BCUT2D eigenvalue weighted by Crippen LogP contribution is -2.26. The highest BCUT2D eigenvalue weighted by molar-refractivity contribution is 5.91. The first-order chi connectivity index (χ1) is 14.0. The Hall–Kier alpha value is -3.74. The predicted molar refractivity (Wildman–Crippen MR) is 110 cm³/mol. The van der Waals surface area contributed by atoms with Crippen LogP contribution in [0.3, 0.4) is 0 Å². The van der Waals surface area contributed by atoms with Crippen molar-refractivity contribution in [2.75, 3.05) is 13.6 Å². The van der Waals surface area contributed by atoms with E-state index in [1.807, 2.05) is 36.4 Å². The van der Waals surface area contributed by atoms with Gasteiger partial charge in [-0.2, -0.15) is 0 Å². The van der Waals surface area contributed by atoms with Gasteiger partial charge in [0.15, 0.2) is 0 Å². The van der Waals surface area contributed by atoms with Crippen LogP contribution < -0.4 is 0 Å². The molecular formula is C22H21N3O4. The number of likely N-dealkylation sites (N-methyl/N-ethyl adjacent to an activating group) is 1. The number of aryl methyl sites for hydroxylation is 1. The SMILES string of the molecule is CN(CCCc1cc(-c2ccccc2)no1)C(=O)/C=C/c1cccc([N+](=O)[O-])c1. The van der Waals surface area contributed by atoms with Crippen LogP contribution >= 0.6 is 0 Å². The molecule has 2 aromatic carbocycles. The number of rotatable bonds is 8. The highest BCUT2D eigenvalue weighted by Gasteiger charge is 2.09. The van der Waals surface area contributed by atoms with Crippen molar-refractivity contribution in [3.8, 4) is 11.3 Å². The largest absolute Gasteiger partial charge is 0.361 e. The average molecular weight is 391 g/mol. The van der Waals surface area contributed by atoms with E-state index in [2.05, 4.69) is 5.16 Å². The normalized spacial score (nSPS) is 10.9. The predicted octanol–water partition coefficient (Wildman–Crippen LogP) is 4.35. The highest BCUT2D eigenvalue weighted by atomic mass is 16.6. The summed E-state index contributed by atoms with van der Waals surface area (Å²) in [6, 6.07) is 17.9. The van der Waals surface area contributed by atoms with Gasteiger partial charge in [0.2, 0.25) is 5.91 Å². The minimum Gasteiger partial charge on any atom is -0.361 e. The number of benzene rings is 2. The maximum absolute atomic E-state index is 12.2. The molecule has 0 fully saturated rings. The monoisotopic (exact) mass is 391 g/mol. The van der Waals surface area contributed by atoms with Crippen molar-refractivity contribution in [3.63, 3.8) is 0 Å². The molecule has 0 aliphatic rings. The van der Waals surface area contributed by atoms with E-state index in [0.29, 0.717) is 18.5 Å². The van der Waals surface area contributed by atoms with Gasteiger partial charge < -0.3 is 9.42 Å². The summed E-state index contributed by atoms with van der Waals surface area (Å²) in [4.78, 5) is 24.2. The van der Waals surface area contributed by atoms with Crippen LogP contribution in [0, 0.1) is 10.1 Å². The van der Waals surface area contributed by atoms with Crippen molar-refractivity contribution < 1.29 is 14.2 Å². The molecule has 3 aromatic rings. The minimum atomic E-state index is -0.460. The standard InChI is InChI=1S/C22H21N3O4/c1-24(22(26)13-12-17-7-5-10-19(15-17)25(27)28)14-6-11-20-16-21(23-29-20)18-8-3-2-4-9-18/h2-5,7-10,12-13,15-16H,6,11,14H2,1H3/b13-12+. The van der Waals surface area contributed by atoms with E-state index in [-0.39, 0.29) is 11.6 Å². The van der Waals surface area contributed by atoms with Gasteiger partial charge in [-0.1, -0.05) is 47.6 Å². The van der Waals surface area contributed by atoms with E-state index in [4.69, 9.17) is 4.52 Å². The number of hydrogen-bond acceptors (Lipinski definition) is 5. The summed E-state index contributed by atoms with van der Waals surface area (Å²) in [5.74, 6) is 0.607. The van der Waals surface area contributed by atoms with E-state index in [1.165, 1.54) is 18.2 Å². The maximum Gasteiger partial charge on any atom is 0.270 e. The molecule has 7 nitrogen and oxygen atoms in total. The summed E-state index contributed by atoms with van der Waals surface area (Å²) >= 11 is 0. The molecule has 0 spiro atoms. The second-order valence-corrected chi connectivity index (χ2v) is 6.59. The Kier molecular flexibility index (Phi) is 6.52. The van der Waals surface area contributed by atoms with Crippen molar-refractivity contribution in [2.45, 2.75) is 12.8 Å². The number of carbonyl (C=O) groups is 1. The van der Waals surface area contributed by atoms with Crippen molar-refractivity contribution in [2.24, 2.45) is 0 Å². The number of non-ortho nitro benzene ring substituents is 1. The molecule has 0 N–H and O–H groups in total. The van der Waals surface area contributed by atoms with Crippen molar-refractivity contribution in [1.82, 2.24) is 10.1 Å². The lowest BCUT2D eigenvalue weighted by Gasteiger charge is -2.14. The van der Waals surface area contributed by atoms with E-state index < -0.39 is 4.92 Å². The fourth-order valence-corrected chi connectivity index (χ4v) is 2.81. The maximum atomic E-state index is 12.2. The molecule has 1 heterocycles. The van der Waals surface area contributed by atoms with Gasteiger partial charge >= 0.3 is 0 Å². The molecule has 0 unspecified atom stereocenters. The molecule has 29 heavy (non-hydrogen) atoms. The Bertz CT molecular complexity index is 1010. The summed E-state index contributed by atoms with van der Waals surface area (Å²) in [6.45, 7) is 0.555. The van der Waals surface area contributed by atoms with Crippen LogP contribution in [0.4, 0.5) is 5.69 Å². The van der Waals surface area contributed by atoms with Crippen LogP contribution in [0.25, 0.3) is 17.3 Å². The summed E-state index contributed by atoms with van der Waals surface area (Å²) in [6.07, 6.45) is 4.40. The third-order valence-corrected chi connectivity index (χ3v) is 4.42. The number of carbonyl (C=O) groups excluding carboxylic acids is 1. The first-order valence-electron chi connectivity index (χ1n) is 9.21. The molecule has 0 atom stereocenters. The number of amides is 1. The van der Waals surface area contributed by atoms with Gasteiger partial charge in [-0.05, 0) is 18.1 Å². The molecule has 1 aromatic heterocycles. The van der Waals surface area contributed by atoms with Crippen LogP contribution in [-0.4, -0.2) is 34.5 Å². The van der Waals surface area contributed by atoms with Crippen LogP contribution in [0.2, 0.25) is 0 Å². The van der Waals surface area contributed by atoms with Crippen LogP contribution in [0.15, 0.2) is 71.3 Å². The van der Waals surface area contributed by atoms with Crippen molar-refractivity contribution >= 4 is 17.7 Å². The molecule has 0 aliphatic carbocycles. The molecule has 0 saturated carbocycles. The Labute approximate surface area is 168 Å². The Balaban J connectivity index is 1.48. The van der Waals surface area contributed by atoms with Crippen molar-refractivity contribution in [3.05, 3.63) is 88.2 Å². The zero-order valence-electron chi connectivity index (χ0n) is 16.0. The quantitative estimate of drug-likeness (QED) is 0.323. The molecule has 0 aliphatic heterocycles. The topological polar surface area (TPSA) is 89.5 Å². The van der Waals surface area contributed by atoms with Crippen LogP contribution in [0.5, 0.6) is 0 Å². The molecule has 7 heteroatoms. The number of nitro groups is 1.